The van der Waals surface area contributed by atoms with Crippen molar-refractivity contribution in [3.05, 3.63) is 35.0 Å². The van der Waals surface area contributed by atoms with E-state index in [1.807, 2.05) is 0 Å². The minimum Gasteiger partial charge on any atom is -0.393 e. The van der Waals surface area contributed by atoms with Gasteiger partial charge in [0, 0.05) is 24.0 Å². The molecule has 2 aromatic rings. The molecule has 2 nitrogen and oxygen atoms in total. The van der Waals surface area contributed by atoms with Gasteiger partial charge < -0.3 is 9.67 Å². The summed E-state index contributed by atoms with van der Waals surface area (Å²) in [5.74, 6) is 0. The van der Waals surface area contributed by atoms with E-state index < -0.39 is 0 Å². The average molecular weight is 299 g/mol. The zero-order valence-electron chi connectivity index (χ0n) is 14.1. The van der Waals surface area contributed by atoms with Crippen molar-refractivity contribution in [2.45, 2.75) is 77.9 Å². The highest BCUT2D eigenvalue weighted by Crippen LogP contribution is 2.34. The van der Waals surface area contributed by atoms with E-state index in [-0.39, 0.29) is 6.10 Å². The van der Waals surface area contributed by atoms with Crippen LogP contribution in [-0.2, 0) is 25.8 Å². The molecule has 120 valence electrons. The quantitative estimate of drug-likeness (QED) is 0.773. The summed E-state index contributed by atoms with van der Waals surface area (Å²) in [4.78, 5) is 0. The first kappa shape index (κ1) is 15.6. The van der Waals surface area contributed by atoms with Crippen LogP contribution in [-0.4, -0.2) is 15.8 Å². The second kappa shape index (κ2) is 6.87. The number of aliphatic hydroxyl groups is 1. The van der Waals surface area contributed by atoms with Crippen LogP contribution in [0.25, 0.3) is 10.9 Å². The predicted octanol–water partition coefficient (Wildman–Crippen LogP) is 4.63. The first-order valence-corrected chi connectivity index (χ1v) is 9.06. The SMILES string of the molecule is CCCCCCn1c2c(c3cccc(CC)c31)CC(O)CC2. The smallest absolute Gasteiger partial charge is 0.0585 e. The molecule has 1 aromatic heterocycles. The van der Waals surface area contributed by atoms with Crippen molar-refractivity contribution in [2.75, 3.05) is 0 Å². The summed E-state index contributed by atoms with van der Waals surface area (Å²) in [6.45, 7) is 5.65. The van der Waals surface area contributed by atoms with Gasteiger partial charge in [0.25, 0.3) is 0 Å². The van der Waals surface area contributed by atoms with E-state index in [1.54, 1.807) is 0 Å². The average Bonchev–Trinajstić information content (AvgIpc) is 2.85. The van der Waals surface area contributed by atoms with Gasteiger partial charge in [-0.2, -0.15) is 0 Å². The number of hydrogen-bond donors (Lipinski definition) is 1. The fourth-order valence-electron chi connectivity index (χ4n) is 3.99. The number of aryl methyl sites for hydroxylation is 2. The number of nitrogens with zero attached hydrogens (tertiary/aromatic N) is 1. The number of aromatic nitrogens is 1. The predicted molar refractivity (Wildman–Crippen MR) is 93.5 cm³/mol. The Kier molecular flexibility index (Phi) is 4.87. The number of unbranched alkanes of at least 4 members (excludes halogenated alkanes) is 3. The number of hydrogen-bond acceptors (Lipinski definition) is 1. The number of para-hydroxylation sites is 1. The highest BCUT2D eigenvalue weighted by atomic mass is 16.3. The van der Waals surface area contributed by atoms with Crippen molar-refractivity contribution in [1.29, 1.82) is 0 Å². The Hall–Kier alpha value is -1.28. The standard InChI is InChI=1S/C20H29NO/c1-3-5-6-7-13-21-19-12-11-16(22)14-18(19)17-10-8-9-15(4-2)20(17)21/h8-10,16,22H,3-7,11-14H2,1-2H3. The van der Waals surface area contributed by atoms with Gasteiger partial charge >= 0.3 is 0 Å². The minimum atomic E-state index is -0.156. The van der Waals surface area contributed by atoms with Gasteiger partial charge in [-0.05, 0) is 36.8 Å². The second-order valence-electron chi connectivity index (χ2n) is 6.70. The number of rotatable bonds is 6. The summed E-state index contributed by atoms with van der Waals surface area (Å²) in [6.07, 6.45) is 8.92. The second-order valence-corrected chi connectivity index (χ2v) is 6.70. The molecule has 1 unspecified atom stereocenters. The maximum absolute atomic E-state index is 10.1. The van der Waals surface area contributed by atoms with Gasteiger partial charge in [-0.1, -0.05) is 51.3 Å². The summed E-state index contributed by atoms with van der Waals surface area (Å²) in [5, 5.41) is 11.5. The molecule has 0 bridgehead atoms. The third-order valence-corrected chi connectivity index (χ3v) is 5.16. The Labute approximate surface area is 134 Å². The molecule has 22 heavy (non-hydrogen) atoms. The molecule has 0 aliphatic heterocycles. The van der Waals surface area contributed by atoms with E-state index >= 15 is 0 Å². The Morgan fingerprint density at radius 2 is 2.05 bits per heavy atom. The van der Waals surface area contributed by atoms with Crippen LogP contribution in [0.15, 0.2) is 18.2 Å². The fourth-order valence-corrected chi connectivity index (χ4v) is 3.99. The molecule has 1 N–H and O–H groups in total. The summed E-state index contributed by atoms with van der Waals surface area (Å²) in [5.41, 5.74) is 5.81. The molecule has 0 saturated carbocycles. The van der Waals surface area contributed by atoms with Gasteiger partial charge in [0.1, 0.15) is 0 Å². The van der Waals surface area contributed by atoms with Crippen LogP contribution in [0.1, 0.15) is 62.8 Å². The summed E-state index contributed by atoms with van der Waals surface area (Å²) >= 11 is 0. The van der Waals surface area contributed by atoms with Crippen LogP contribution in [0.2, 0.25) is 0 Å². The highest BCUT2D eigenvalue weighted by Gasteiger charge is 2.24. The van der Waals surface area contributed by atoms with Crippen molar-refractivity contribution in [3.8, 4) is 0 Å². The van der Waals surface area contributed by atoms with Crippen LogP contribution in [0.3, 0.4) is 0 Å². The van der Waals surface area contributed by atoms with E-state index in [0.29, 0.717) is 0 Å². The Morgan fingerprint density at radius 1 is 1.18 bits per heavy atom. The third-order valence-electron chi connectivity index (χ3n) is 5.16. The molecule has 1 aromatic carbocycles. The summed E-state index contributed by atoms with van der Waals surface area (Å²) in [7, 11) is 0. The molecule has 0 fully saturated rings. The lowest BCUT2D eigenvalue weighted by molar-refractivity contribution is 0.158. The molecule has 0 saturated heterocycles. The Morgan fingerprint density at radius 3 is 2.82 bits per heavy atom. The van der Waals surface area contributed by atoms with Gasteiger partial charge in [0.2, 0.25) is 0 Å². The van der Waals surface area contributed by atoms with Crippen LogP contribution < -0.4 is 0 Å². The number of benzene rings is 1. The topological polar surface area (TPSA) is 25.2 Å². The monoisotopic (exact) mass is 299 g/mol. The van der Waals surface area contributed by atoms with Gasteiger partial charge in [-0.3, -0.25) is 0 Å². The van der Waals surface area contributed by atoms with Crippen molar-refractivity contribution >= 4 is 10.9 Å². The van der Waals surface area contributed by atoms with E-state index in [4.69, 9.17) is 0 Å². The molecule has 2 heteroatoms. The van der Waals surface area contributed by atoms with Crippen LogP contribution in [0, 0.1) is 0 Å². The maximum atomic E-state index is 10.1. The molecule has 0 radical (unpaired) electrons. The Bertz CT molecular complexity index is 641. The third kappa shape index (κ3) is 2.81. The van der Waals surface area contributed by atoms with Crippen molar-refractivity contribution in [2.24, 2.45) is 0 Å². The Balaban J connectivity index is 2.04. The number of aliphatic hydroxyl groups excluding tert-OH is 1. The van der Waals surface area contributed by atoms with Gasteiger partial charge in [0.05, 0.1) is 11.6 Å². The molecule has 0 amide bonds. The van der Waals surface area contributed by atoms with E-state index in [0.717, 1.165) is 32.2 Å². The van der Waals surface area contributed by atoms with E-state index in [2.05, 4.69) is 36.6 Å². The fraction of sp³-hybridized carbons (Fsp3) is 0.600. The van der Waals surface area contributed by atoms with Crippen LogP contribution in [0.4, 0.5) is 0 Å². The molecule has 1 heterocycles. The zero-order valence-corrected chi connectivity index (χ0v) is 14.1. The van der Waals surface area contributed by atoms with E-state index in [9.17, 15) is 5.11 Å². The molecule has 1 aliphatic carbocycles. The van der Waals surface area contributed by atoms with E-state index in [1.165, 1.54) is 53.4 Å². The molecular formula is C20H29NO. The van der Waals surface area contributed by atoms with Crippen LogP contribution in [0.5, 0.6) is 0 Å². The largest absolute Gasteiger partial charge is 0.393 e. The lowest BCUT2D eigenvalue weighted by atomic mass is 9.93. The molecular weight excluding hydrogens is 270 g/mol. The molecule has 0 spiro atoms. The zero-order chi connectivity index (χ0) is 15.5. The van der Waals surface area contributed by atoms with Gasteiger partial charge in [-0.15, -0.1) is 0 Å². The van der Waals surface area contributed by atoms with Crippen molar-refractivity contribution in [1.82, 2.24) is 4.57 Å². The first-order chi connectivity index (χ1) is 10.8. The molecule has 1 atom stereocenters. The van der Waals surface area contributed by atoms with Crippen molar-refractivity contribution in [3.63, 3.8) is 0 Å². The van der Waals surface area contributed by atoms with Gasteiger partial charge in [-0.25, -0.2) is 0 Å². The first-order valence-electron chi connectivity index (χ1n) is 9.06. The normalized spacial score (nSPS) is 17.9. The molecule has 1 aliphatic rings. The minimum absolute atomic E-state index is 0.156. The molecule has 3 rings (SSSR count). The summed E-state index contributed by atoms with van der Waals surface area (Å²) in [6, 6.07) is 6.71. The lowest BCUT2D eigenvalue weighted by Crippen LogP contribution is -2.20. The maximum Gasteiger partial charge on any atom is 0.0585 e. The highest BCUT2D eigenvalue weighted by molar-refractivity contribution is 5.88. The van der Waals surface area contributed by atoms with Crippen LogP contribution >= 0.6 is 0 Å². The summed E-state index contributed by atoms with van der Waals surface area (Å²) < 4.78 is 2.59. The van der Waals surface area contributed by atoms with Gasteiger partial charge in [0.15, 0.2) is 0 Å². The lowest BCUT2D eigenvalue weighted by Gasteiger charge is -2.20. The van der Waals surface area contributed by atoms with Crippen molar-refractivity contribution < 1.29 is 5.11 Å². The number of fused-ring (bicyclic) bond motifs is 3.